The summed E-state index contributed by atoms with van der Waals surface area (Å²) in [6.07, 6.45) is 2.99. The summed E-state index contributed by atoms with van der Waals surface area (Å²) in [5.41, 5.74) is 0.285. The first-order valence-corrected chi connectivity index (χ1v) is 7.00. The monoisotopic (exact) mass is 353 g/mol. The van der Waals surface area contributed by atoms with Gasteiger partial charge >= 0.3 is 0 Å². The van der Waals surface area contributed by atoms with Crippen molar-refractivity contribution in [3.05, 3.63) is 61.9 Å². The molecule has 0 atom stereocenters. The molecule has 2 rings (SSSR count). The summed E-state index contributed by atoms with van der Waals surface area (Å²) in [4.78, 5) is 37.0. The van der Waals surface area contributed by atoms with Crippen LogP contribution in [-0.4, -0.2) is 22.1 Å². The van der Waals surface area contributed by atoms with E-state index in [4.69, 9.17) is 23.2 Å². The Morgan fingerprint density at radius 3 is 2.74 bits per heavy atom. The third kappa shape index (κ3) is 3.82. The normalized spacial score (nSPS) is 10.2. The van der Waals surface area contributed by atoms with Crippen molar-refractivity contribution in [2.24, 2.45) is 0 Å². The number of rotatable bonds is 5. The molecule has 0 aliphatic rings. The van der Waals surface area contributed by atoms with E-state index in [0.717, 1.165) is 0 Å². The van der Waals surface area contributed by atoms with Crippen LogP contribution in [-0.2, 0) is 11.2 Å². The van der Waals surface area contributed by atoms with E-state index in [-0.39, 0.29) is 39.0 Å². The minimum atomic E-state index is -0.659. The average molecular weight is 354 g/mol. The number of aromatic nitrogens is 1. The van der Waals surface area contributed by atoms with Crippen molar-refractivity contribution in [3.8, 4) is 0 Å². The Kier molecular flexibility index (Phi) is 5.25. The average Bonchev–Trinajstić information content (AvgIpc) is 2.51. The van der Waals surface area contributed by atoms with Crippen LogP contribution in [0.5, 0.6) is 0 Å². The molecule has 1 amide bonds. The lowest BCUT2D eigenvalue weighted by Crippen LogP contribution is -2.16. The van der Waals surface area contributed by atoms with E-state index in [2.05, 4.69) is 10.3 Å². The number of nitro groups is 1. The topological polar surface area (TPSA) is 102 Å². The van der Waals surface area contributed by atoms with Gasteiger partial charge in [0, 0.05) is 29.0 Å². The molecule has 0 radical (unpaired) electrons. The second kappa shape index (κ2) is 7.17. The molecule has 0 saturated heterocycles. The molecule has 9 heteroatoms. The first-order chi connectivity index (χ1) is 10.9. The Bertz CT molecular complexity index is 796. The fourth-order valence-corrected chi connectivity index (χ4v) is 2.43. The lowest BCUT2D eigenvalue weighted by atomic mass is 10.1. The summed E-state index contributed by atoms with van der Waals surface area (Å²) in [6.45, 7) is 0. The van der Waals surface area contributed by atoms with E-state index in [0.29, 0.717) is 6.29 Å². The lowest BCUT2D eigenvalue weighted by Gasteiger charge is -2.09. The third-order valence-corrected chi connectivity index (χ3v) is 3.73. The molecule has 0 bridgehead atoms. The molecule has 0 unspecified atom stereocenters. The summed E-state index contributed by atoms with van der Waals surface area (Å²) in [5.74, 6) is -0.524. The van der Waals surface area contributed by atoms with Crippen LogP contribution in [0.25, 0.3) is 0 Å². The number of benzene rings is 1. The Hall–Kier alpha value is -2.51. The van der Waals surface area contributed by atoms with E-state index in [1.165, 1.54) is 30.6 Å². The van der Waals surface area contributed by atoms with E-state index in [9.17, 15) is 19.7 Å². The van der Waals surface area contributed by atoms with Crippen molar-refractivity contribution in [3.63, 3.8) is 0 Å². The number of anilines is 1. The molecule has 2 aromatic rings. The fraction of sp³-hybridized carbons (Fsp3) is 0.0714. The van der Waals surface area contributed by atoms with Gasteiger partial charge in [0.05, 0.1) is 22.6 Å². The Labute approximate surface area is 140 Å². The molecule has 7 nitrogen and oxygen atoms in total. The van der Waals surface area contributed by atoms with Crippen molar-refractivity contribution in [1.29, 1.82) is 0 Å². The molecule has 0 fully saturated rings. The molecule has 0 spiro atoms. The zero-order chi connectivity index (χ0) is 17.0. The zero-order valence-electron chi connectivity index (χ0n) is 11.5. The van der Waals surface area contributed by atoms with Crippen molar-refractivity contribution < 1.29 is 14.5 Å². The fourth-order valence-electron chi connectivity index (χ4n) is 1.86. The first-order valence-electron chi connectivity index (χ1n) is 6.24. The highest BCUT2D eigenvalue weighted by Crippen LogP contribution is 2.33. The predicted octanol–water partition coefficient (Wildman–Crippen LogP) is 3.29. The summed E-state index contributed by atoms with van der Waals surface area (Å²) in [6, 6.07) is 3.93. The third-order valence-electron chi connectivity index (χ3n) is 2.95. The number of hydrogen-bond acceptors (Lipinski definition) is 5. The highest BCUT2D eigenvalue weighted by atomic mass is 35.5. The van der Waals surface area contributed by atoms with E-state index in [1.807, 2.05) is 0 Å². The number of carbonyl (C=O) groups excluding carboxylic acids is 2. The van der Waals surface area contributed by atoms with Crippen molar-refractivity contribution in [1.82, 2.24) is 4.98 Å². The number of amides is 1. The number of hydrogen-bond donors (Lipinski definition) is 1. The number of pyridine rings is 1. The maximum atomic E-state index is 12.1. The maximum absolute atomic E-state index is 12.1. The van der Waals surface area contributed by atoms with Gasteiger partial charge in [-0.1, -0.05) is 23.2 Å². The van der Waals surface area contributed by atoms with E-state index >= 15 is 0 Å². The molecule has 1 N–H and O–H groups in total. The Morgan fingerprint density at radius 2 is 2.09 bits per heavy atom. The zero-order valence-corrected chi connectivity index (χ0v) is 13.0. The number of nitro benzene ring substituents is 1. The van der Waals surface area contributed by atoms with Crippen LogP contribution in [0.1, 0.15) is 15.9 Å². The van der Waals surface area contributed by atoms with Crippen LogP contribution in [0.3, 0.4) is 0 Å². The van der Waals surface area contributed by atoms with Crippen molar-refractivity contribution in [2.75, 3.05) is 5.32 Å². The predicted molar refractivity (Wildman–Crippen MR) is 85.1 cm³/mol. The van der Waals surface area contributed by atoms with Gasteiger partial charge in [0.1, 0.15) is 5.02 Å². The molecule has 118 valence electrons. The number of aldehydes is 1. The molecule has 1 heterocycles. The Balaban J connectivity index is 2.25. The molecular formula is C14H9Cl2N3O4. The highest BCUT2D eigenvalue weighted by Gasteiger charge is 2.20. The quantitative estimate of drug-likeness (QED) is 0.504. The summed E-state index contributed by atoms with van der Waals surface area (Å²) in [7, 11) is 0. The first kappa shape index (κ1) is 16.9. The number of nitrogens with zero attached hydrogens (tertiary/aromatic N) is 2. The largest absolute Gasteiger partial charge is 0.325 e. The van der Waals surface area contributed by atoms with Gasteiger partial charge < -0.3 is 5.32 Å². The van der Waals surface area contributed by atoms with Gasteiger partial charge in [-0.3, -0.25) is 24.7 Å². The maximum Gasteiger partial charge on any atom is 0.288 e. The SMILES string of the molecule is O=Cc1cnccc1NC(=O)Cc1c(Cl)ccc([N+](=O)[O-])c1Cl. The van der Waals surface area contributed by atoms with Crippen molar-refractivity contribution >= 4 is 46.8 Å². The van der Waals surface area contributed by atoms with Crippen LogP contribution in [0, 0.1) is 10.1 Å². The molecule has 1 aromatic heterocycles. The van der Waals surface area contributed by atoms with Gasteiger partial charge in [0.2, 0.25) is 5.91 Å². The smallest absolute Gasteiger partial charge is 0.288 e. The molecule has 0 aliphatic carbocycles. The lowest BCUT2D eigenvalue weighted by molar-refractivity contribution is -0.384. The van der Waals surface area contributed by atoms with E-state index in [1.54, 1.807) is 0 Å². The number of carbonyl (C=O) groups is 2. The van der Waals surface area contributed by atoms with Gasteiger partial charge in [-0.05, 0) is 12.1 Å². The highest BCUT2D eigenvalue weighted by molar-refractivity contribution is 6.37. The summed E-state index contributed by atoms with van der Waals surface area (Å²) < 4.78 is 0. The van der Waals surface area contributed by atoms with Gasteiger partial charge in [0.15, 0.2) is 6.29 Å². The Morgan fingerprint density at radius 1 is 1.35 bits per heavy atom. The van der Waals surface area contributed by atoms with Crippen molar-refractivity contribution in [2.45, 2.75) is 6.42 Å². The molecule has 0 saturated carbocycles. The van der Waals surface area contributed by atoms with Gasteiger partial charge in [0.25, 0.3) is 5.69 Å². The van der Waals surface area contributed by atoms with Gasteiger partial charge in [-0.15, -0.1) is 0 Å². The van der Waals surface area contributed by atoms with Gasteiger partial charge in [-0.25, -0.2) is 0 Å². The standard InChI is InChI=1S/C14H9Cl2N3O4/c15-10-1-2-12(19(22)23)14(16)9(10)5-13(21)18-11-3-4-17-6-8(11)7-20/h1-4,6-7H,5H2,(H,17,18,21). The second-order valence-electron chi connectivity index (χ2n) is 4.42. The molecule has 1 aromatic carbocycles. The van der Waals surface area contributed by atoms with Crippen LogP contribution < -0.4 is 5.32 Å². The molecular weight excluding hydrogens is 345 g/mol. The van der Waals surface area contributed by atoms with Crippen LogP contribution in [0.4, 0.5) is 11.4 Å². The minimum absolute atomic E-state index is 0.140. The second-order valence-corrected chi connectivity index (χ2v) is 5.21. The summed E-state index contributed by atoms with van der Waals surface area (Å²) >= 11 is 11.9. The minimum Gasteiger partial charge on any atom is -0.325 e. The van der Waals surface area contributed by atoms with E-state index < -0.39 is 10.8 Å². The van der Waals surface area contributed by atoms with Gasteiger partial charge in [-0.2, -0.15) is 0 Å². The van der Waals surface area contributed by atoms with Crippen LogP contribution in [0.15, 0.2) is 30.6 Å². The van der Waals surface area contributed by atoms with Crippen LogP contribution >= 0.6 is 23.2 Å². The number of halogens is 2. The molecule has 0 aliphatic heterocycles. The molecule has 23 heavy (non-hydrogen) atoms. The van der Waals surface area contributed by atoms with Crippen LogP contribution in [0.2, 0.25) is 10.0 Å². The summed E-state index contributed by atoms with van der Waals surface area (Å²) in [5, 5.41) is 13.3. The number of nitrogens with one attached hydrogen (secondary N) is 1.